The van der Waals surface area contributed by atoms with Gasteiger partial charge in [-0.25, -0.2) is 0 Å². The molecule has 0 N–H and O–H groups in total. The maximum atomic E-state index is 12.4. The van der Waals surface area contributed by atoms with Crippen molar-refractivity contribution < 1.29 is 9.59 Å². The molecule has 0 radical (unpaired) electrons. The maximum absolute atomic E-state index is 12.4. The van der Waals surface area contributed by atoms with Crippen molar-refractivity contribution in [3.63, 3.8) is 0 Å². The number of benzene rings is 1. The molecule has 2 amide bonds. The Bertz CT molecular complexity index is 684. The van der Waals surface area contributed by atoms with Crippen molar-refractivity contribution in [2.75, 3.05) is 25.0 Å². The Morgan fingerprint density at radius 2 is 1.67 bits per heavy atom. The van der Waals surface area contributed by atoms with Crippen LogP contribution in [0.1, 0.15) is 18.1 Å². The lowest BCUT2D eigenvalue weighted by atomic mass is 10.2. The largest absolute Gasteiger partial charge is 0.344 e. The van der Waals surface area contributed by atoms with Crippen LogP contribution in [0.3, 0.4) is 0 Å². The summed E-state index contributed by atoms with van der Waals surface area (Å²) in [4.78, 5) is 31.5. The van der Waals surface area contributed by atoms with Crippen LogP contribution in [0, 0.1) is 6.92 Å². The van der Waals surface area contributed by atoms with Crippen LogP contribution in [0.2, 0.25) is 0 Å². The summed E-state index contributed by atoms with van der Waals surface area (Å²) >= 11 is 0. The molecular weight excluding hydrogens is 302 g/mol. The number of carbonyl (C=O) groups excluding carboxylic acids is 2. The Hall–Kier alpha value is -2.69. The molecule has 0 atom stereocenters. The smallest absolute Gasteiger partial charge is 0.242 e. The molecule has 0 aliphatic heterocycles. The van der Waals surface area contributed by atoms with E-state index in [2.05, 4.69) is 4.98 Å². The van der Waals surface area contributed by atoms with E-state index < -0.39 is 0 Å². The van der Waals surface area contributed by atoms with Crippen LogP contribution >= 0.6 is 0 Å². The number of aromatic nitrogens is 1. The first-order valence-corrected chi connectivity index (χ1v) is 7.95. The molecule has 1 aromatic heterocycles. The lowest BCUT2D eigenvalue weighted by Gasteiger charge is -2.24. The molecule has 0 saturated carbocycles. The van der Waals surface area contributed by atoms with Gasteiger partial charge in [-0.2, -0.15) is 0 Å². The van der Waals surface area contributed by atoms with Gasteiger partial charge in [-0.15, -0.1) is 0 Å². The molecule has 0 aliphatic rings. The molecular formula is C19H23N3O2. The summed E-state index contributed by atoms with van der Waals surface area (Å²) in [6, 6.07) is 11.5. The zero-order valence-electron chi connectivity index (χ0n) is 14.4. The number of aryl methyl sites for hydroxylation is 1. The molecule has 0 unspecified atom stereocenters. The number of amides is 2. The van der Waals surface area contributed by atoms with Crippen LogP contribution in [0.5, 0.6) is 0 Å². The van der Waals surface area contributed by atoms with Crippen LogP contribution in [-0.2, 0) is 16.0 Å². The predicted octanol–water partition coefficient (Wildman–Crippen LogP) is 2.44. The Balaban J connectivity index is 1.97. The third kappa shape index (κ3) is 4.91. The number of carbonyl (C=O) groups is 2. The van der Waals surface area contributed by atoms with E-state index in [9.17, 15) is 9.59 Å². The summed E-state index contributed by atoms with van der Waals surface area (Å²) < 4.78 is 0. The van der Waals surface area contributed by atoms with Gasteiger partial charge in [-0.1, -0.05) is 17.7 Å². The minimum absolute atomic E-state index is 0.0469. The number of pyridine rings is 1. The van der Waals surface area contributed by atoms with E-state index in [-0.39, 0.29) is 18.4 Å². The van der Waals surface area contributed by atoms with E-state index in [0.29, 0.717) is 6.54 Å². The van der Waals surface area contributed by atoms with Crippen molar-refractivity contribution in [1.29, 1.82) is 0 Å². The molecule has 1 heterocycles. The zero-order chi connectivity index (χ0) is 17.5. The Labute approximate surface area is 142 Å². The lowest BCUT2D eigenvalue weighted by Crippen LogP contribution is -2.41. The molecule has 2 aromatic rings. The van der Waals surface area contributed by atoms with Crippen molar-refractivity contribution in [2.45, 2.75) is 20.3 Å². The second kappa shape index (κ2) is 8.24. The molecule has 0 spiro atoms. The number of hydrogen-bond donors (Lipinski definition) is 0. The summed E-state index contributed by atoms with van der Waals surface area (Å²) in [7, 11) is 1.76. The fourth-order valence-electron chi connectivity index (χ4n) is 2.34. The second-order valence-electron chi connectivity index (χ2n) is 5.86. The molecule has 0 fully saturated rings. The van der Waals surface area contributed by atoms with Crippen LogP contribution in [0.25, 0.3) is 0 Å². The van der Waals surface area contributed by atoms with E-state index in [1.165, 1.54) is 11.8 Å². The van der Waals surface area contributed by atoms with E-state index in [1.807, 2.05) is 43.3 Å². The highest BCUT2D eigenvalue weighted by molar-refractivity contribution is 5.97. The standard InChI is InChI=1S/C19H23N3O2/c1-15-4-6-18(7-5-15)22(16(2)23)14-19(24)21(3)13-10-17-8-11-20-12-9-17/h4-9,11-12H,10,13-14H2,1-3H3. The Morgan fingerprint density at radius 3 is 2.25 bits per heavy atom. The van der Waals surface area contributed by atoms with Crippen LogP contribution in [-0.4, -0.2) is 41.8 Å². The topological polar surface area (TPSA) is 53.5 Å². The van der Waals surface area contributed by atoms with Gasteiger partial charge in [-0.3, -0.25) is 14.6 Å². The van der Waals surface area contributed by atoms with Gasteiger partial charge in [0.1, 0.15) is 6.54 Å². The zero-order valence-corrected chi connectivity index (χ0v) is 14.4. The maximum Gasteiger partial charge on any atom is 0.242 e. The minimum Gasteiger partial charge on any atom is -0.344 e. The second-order valence-corrected chi connectivity index (χ2v) is 5.86. The minimum atomic E-state index is -0.144. The highest BCUT2D eigenvalue weighted by atomic mass is 16.2. The fraction of sp³-hybridized carbons (Fsp3) is 0.316. The first-order chi connectivity index (χ1) is 11.5. The van der Waals surface area contributed by atoms with Gasteiger partial charge in [0.05, 0.1) is 0 Å². The summed E-state index contributed by atoms with van der Waals surface area (Å²) in [6.45, 7) is 4.11. The van der Waals surface area contributed by atoms with E-state index >= 15 is 0 Å². The van der Waals surface area contributed by atoms with Gasteiger partial charge >= 0.3 is 0 Å². The van der Waals surface area contributed by atoms with Crippen molar-refractivity contribution in [3.8, 4) is 0 Å². The molecule has 5 heteroatoms. The summed E-state index contributed by atoms with van der Waals surface area (Å²) in [5.41, 5.74) is 2.98. The fourth-order valence-corrected chi connectivity index (χ4v) is 2.34. The summed E-state index contributed by atoms with van der Waals surface area (Å²) in [5, 5.41) is 0. The third-order valence-electron chi connectivity index (χ3n) is 3.93. The average Bonchev–Trinajstić information content (AvgIpc) is 2.59. The molecule has 0 aliphatic carbocycles. The molecule has 126 valence electrons. The highest BCUT2D eigenvalue weighted by Crippen LogP contribution is 2.15. The van der Waals surface area contributed by atoms with E-state index in [1.54, 1.807) is 24.3 Å². The molecule has 0 bridgehead atoms. The Morgan fingerprint density at radius 1 is 1.04 bits per heavy atom. The summed E-state index contributed by atoms with van der Waals surface area (Å²) in [6.07, 6.45) is 4.24. The van der Waals surface area contributed by atoms with Gasteiger partial charge in [0.15, 0.2) is 0 Å². The predicted molar refractivity (Wildman–Crippen MR) is 94.8 cm³/mol. The molecule has 2 rings (SSSR count). The number of rotatable bonds is 6. The van der Waals surface area contributed by atoms with Gasteiger partial charge in [0.2, 0.25) is 11.8 Å². The molecule has 5 nitrogen and oxygen atoms in total. The van der Waals surface area contributed by atoms with Crippen molar-refractivity contribution >= 4 is 17.5 Å². The number of likely N-dealkylation sites (N-methyl/N-ethyl adjacent to an activating group) is 1. The average molecular weight is 325 g/mol. The molecule has 1 aromatic carbocycles. The first kappa shape index (κ1) is 17.7. The van der Waals surface area contributed by atoms with Crippen molar-refractivity contribution in [2.24, 2.45) is 0 Å². The number of hydrogen-bond acceptors (Lipinski definition) is 3. The van der Waals surface area contributed by atoms with Crippen LogP contribution < -0.4 is 4.90 Å². The SMILES string of the molecule is CC(=O)N(CC(=O)N(C)CCc1ccncc1)c1ccc(C)cc1. The lowest BCUT2D eigenvalue weighted by molar-refractivity contribution is -0.130. The van der Waals surface area contributed by atoms with Gasteiger partial charge < -0.3 is 9.80 Å². The number of anilines is 1. The van der Waals surface area contributed by atoms with Crippen LogP contribution in [0.15, 0.2) is 48.8 Å². The van der Waals surface area contributed by atoms with Gasteiger partial charge in [0.25, 0.3) is 0 Å². The van der Waals surface area contributed by atoms with E-state index in [4.69, 9.17) is 0 Å². The van der Waals surface area contributed by atoms with Gasteiger partial charge in [-0.05, 0) is 43.2 Å². The van der Waals surface area contributed by atoms with Crippen molar-refractivity contribution in [3.05, 3.63) is 59.9 Å². The Kier molecular flexibility index (Phi) is 6.07. The molecule has 24 heavy (non-hydrogen) atoms. The quantitative estimate of drug-likeness (QED) is 0.820. The third-order valence-corrected chi connectivity index (χ3v) is 3.93. The number of nitrogens with zero attached hydrogens (tertiary/aromatic N) is 3. The van der Waals surface area contributed by atoms with E-state index in [0.717, 1.165) is 23.2 Å². The highest BCUT2D eigenvalue weighted by Gasteiger charge is 2.18. The first-order valence-electron chi connectivity index (χ1n) is 7.95. The van der Waals surface area contributed by atoms with Crippen molar-refractivity contribution in [1.82, 2.24) is 9.88 Å². The summed E-state index contributed by atoms with van der Waals surface area (Å²) in [5.74, 6) is -0.227. The monoisotopic (exact) mass is 325 g/mol. The normalized spacial score (nSPS) is 10.3. The van der Waals surface area contributed by atoms with Crippen LogP contribution in [0.4, 0.5) is 5.69 Å². The molecule has 0 saturated heterocycles. The van der Waals surface area contributed by atoms with Gasteiger partial charge in [0, 0.05) is 38.6 Å².